The molecular weight excluding hydrogens is 1370 g/mol. The number of para-hydroxylation sites is 10. The maximum atomic E-state index is 5.48. The highest BCUT2D eigenvalue weighted by Gasteiger charge is 2.27. The van der Waals surface area contributed by atoms with Crippen LogP contribution in [0.25, 0.3) is 221 Å². The van der Waals surface area contributed by atoms with Gasteiger partial charge in [-0.05, 0) is 166 Å². The SMILES string of the molecule is c1ccc(-c2ccc3c(c2)c2cc(-c4ccccc4)ccc2n3-c2cc3c4ccccc4n(-c4nc5ccccc5c5nc6ccccc6n45)c3c3ccccc23)cc1.c1ccc(-n2c3ccccc3c3cc(-c4cc5c6ccccc6n(-c6nc7ccccc7c7nc8ccccc8n67)c5c5ccccc45)ccc32)cc1. The lowest BCUT2D eigenvalue weighted by Gasteiger charge is -2.16. The van der Waals surface area contributed by atoms with Gasteiger partial charge in [-0.3, -0.25) is 17.9 Å². The Balaban J connectivity index is 0.000000131. The van der Waals surface area contributed by atoms with E-state index in [0.29, 0.717) is 0 Å². The standard InChI is InChI=1S/C54H33N5.C48H29N5/c1-3-15-34(16-4-1)36-27-29-48-42(31-36)43-32-37(35-17-5-2-6-18-35)28-30-49(43)57(48)51-33-44-39-20-10-13-25-47(39)58(52(44)40-21-8-7-19-38(40)51)54-56-45-23-11-9-22-41(45)53-55-46-24-12-14-26-50(46)59(53)54;1-2-14-31(15-3-1)51-42-23-11-7-17-33(42)38-28-30(26-27-44(38)51)37-29-39-34-18-8-12-24-43(34)52(46(39)35-19-5-4-16-32(35)37)48-50-40-21-9-6-20-36(40)47-49-41-22-10-13-25-45(41)53(47)48/h1-33H;1-29H. The highest BCUT2D eigenvalue weighted by atomic mass is 15.2. The number of nitrogens with zero attached hydrogens (tertiary/aromatic N) is 10. The highest BCUT2D eigenvalue weighted by molar-refractivity contribution is 6.25. The Labute approximate surface area is 639 Å². The molecule has 8 heterocycles. The zero-order valence-electron chi connectivity index (χ0n) is 60.3. The van der Waals surface area contributed by atoms with E-state index < -0.39 is 0 Å². The molecule has 0 spiro atoms. The van der Waals surface area contributed by atoms with E-state index in [9.17, 15) is 0 Å². The number of aromatic nitrogens is 10. The molecule has 17 aromatic carbocycles. The normalized spacial score (nSPS) is 12.1. The summed E-state index contributed by atoms with van der Waals surface area (Å²) in [4.78, 5) is 21.3. The minimum Gasteiger partial charge on any atom is -0.309 e. The number of rotatable bonds is 7. The first kappa shape index (κ1) is 61.8. The van der Waals surface area contributed by atoms with Gasteiger partial charge in [-0.25, -0.2) is 19.9 Å². The predicted octanol–water partition coefficient (Wildman–Crippen LogP) is 25.8. The van der Waals surface area contributed by atoms with Crippen molar-refractivity contribution in [2.45, 2.75) is 0 Å². The largest absolute Gasteiger partial charge is 0.309 e. The van der Waals surface area contributed by atoms with Crippen molar-refractivity contribution < 1.29 is 0 Å². The summed E-state index contributed by atoms with van der Waals surface area (Å²) in [6, 6.07) is 135. The molecular formula is C102H62N10. The molecule has 0 fully saturated rings. The summed E-state index contributed by atoms with van der Waals surface area (Å²) in [5.74, 6) is 1.64. The third kappa shape index (κ3) is 9.08. The fourth-order valence-electron chi connectivity index (χ4n) is 18.3. The zero-order chi connectivity index (χ0) is 73.2. The van der Waals surface area contributed by atoms with Gasteiger partial charge in [0.05, 0.1) is 82.9 Å². The van der Waals surface area contributed by atoms with Crippen molar-refractivity contribution in [2.24, 2.45) is 0 Å². The van der Waals surface area contributed by atoms with Gasteiger partial charge in [0.2, 0.25) is 11.9 Å². The average Bonchev–Trinajstić information content (AvgIpc) is 1.54. The van der Waals surface area contributed by atoms with Crippen LogP contribution in [0.4, 0.5) is 0 Å². The number of hydrogen-bond acceptors (Lipinski definition) is 4. The van der Waals surface area contributed by atoms with Crippen LogP contribution in [0.5, 0.6) is 0 Å². The van der Waals surface area contributed by atoms with Gasteiger partial charge in [0.25, 0.3) is 0 Å². The minimum atomic E-state index is 0.815. The fourth-order valence-corrected chi connectivity index (χ4v) is 18.3. The summed E-state index contributed by atoms with van der Waals surface area (Å²) in [7, 11) is 0. The molecule has 520 valence electrons. The topological polar surface area (TPSA) is 80.1 Å². The maximum absolute atomic E-state index is 5.48. The van der Waals surface area contributed by atoms with Crippen LogP contribution in [-0.4, -0.2) is 47.0 Å². The van der Waals surface area contributed by atoms with Gasteiger partial charge in [-0.15, -0.1) is 0 Å². The molecule has 0 atom stereocenters. The van der Waals surface area contributed by atoms with Crippen molar-refractivity contribution in [1.82, 2.24) is 47.0 Å². The van der Waals surface area contributed by atoms with E-state index >= 15 is 0 Å². The summed E-state index contributed by atoms with van der Waals surface area (Å²) >= 11 is 0. The second kappa shape index (κ2) is 24.1. The van der Waals surface area contributed by atoms with Gasteiger partial charge in [0.15, 0.2) is 0 Å². The van der Waals surface area contributed by atoms with Crippen molar-refractivity contribution in [3.05, 3.63) is 376 Å². The summed E-state index contributed by atoms with van der Waals surface area (Å²) < 4.78 is 14.1. The molecule has 0 aliphatic carbocycles. The number of imidazole rings is 2. The van der Waals surface area contributed by atoms with Crippen LogP contribution in [0.15, 0.2) is 376 Å². The zero-order valence-corrected chi connectivity index (χ0v) is 60.3. The lowest BCUT2D eigenvalue weighted by molar-refractivity contribution is 0.981. The van der Waals surface area contributed by atoms with Crippen LogP contribution in [0.2, 0.25) is 0 Å². The van der Waals surface area contributed by atoms with Gasteiger partial charge in [-0.2, -0.15) is 0 Å². The molecule has 25 rings (SSSR count). The molecule has 0 unspecified atom stereocenters. The Hall–Kier alpha value is -15.3. The fraction of sp³-hybridized carbons (Fsp3) is 0. The van der Waals surface area contributed by atoms with Crippen molar-refractivity contribution in [1.29, 1.82) is 0 Å². The first-order chi connectivity index (χ1) is 55.6. The van der Waals surface area contributed by atoms with Gasteiger partial charge >= 0.3 is 0 Å². The second-order valence-electron chi connectivity index (χ2n) is 29.2. The van der Waals surface area contributed by atoms with Crippen LogP contribution in [-0.2, 0) is 0 Å². The van der Waals surface area contributed by atoms with E-state index in [2.05, 4.69) is 403 Å². The summed E-state index contributed by atoms with van der Waals surface area (Å²) in [6.07, 6.45) is 0. The average molecular weight is 1430 g/mol. The van der Waals surface area contributed by atoms with Crippen molar-refractivity contribution in [3.8, 4) is 56.7 Å². The number of fused-ring (bicyclic) bond motifs is 26. The molecule has 0 N–H and O–H groups in total. The molecule has 10 nitrogen and oxygen atoms in total. The molecule has 112 heavy (non-hydrogen) atoms. The van der Waals surface area contributed by atoms with E-state index in [-0.39, 0.29) is 0 Å². The number of benzene rings is 17. The molecule has 0 bridgehead atoms. The van der Waals surface area contributed by atoms with Crippen LogP contribution < -0.4 is 0 Å². The van der Waals surface area contributed by atoms with Gasteiger partial charge in [0.1, 0.15) is 11.3 Å². The highest BCUT2D eigenvalue weighted by Crippen LogP contribution is 2.47. The Morgan fingerprint density at radius 1 is 0.179 bits per heavy atom. The van der Waals surface area contributed by atoms with E-state index in [1.165, 1.54) is 109 Å². The number of hydrogen-bond donors (Lipinski definition) is 0. The molecule has 25 aromatic rings. The lowest BCUT2D eigenvalue weighted by Crippen LogP contribution is -2.07. The second-order valence-corrected chi connectivity index (χ2v) is 29.2. The van der Waals surface area contributed by atoms with Crippen LogP contribution in [0.3, 0.4) is 0 Å². The molecule has 0 radical (unpaired) electrons. The molecule has 8 aromatic heterocycles. The summed E-state index contributed by atoms with van der Waals surface area (Å²) in [5, 5.41) is 16.4. The maximum Gasteiger partial charge on any atom is 0.221 e. The Bertz CT molecular complexity index is 8160. The molecule has 0 aliphatic rings. The first-order valence-electron chi connectivity index (χ1n) is 38.1. The summed E-state index contributed by atoms with van der Waals surface area (Å²) in [6.45, 7) is 0. The molecule has 0 saturated heterocycles. The lowest BCUT2D eigenvalue weighted by atomic mass is 9.94. The third-order valence-corrected chi connectivity index (χ3v) is 23.2. The monoisotopic (exact) mass is 1430 g/mol. The van der Waals surface area contributed by atoms with Gasteiger partial charge in [0, 0.05) is 75.7 Å². The Morgan fingerprint density at radius 3 is 1.03 bits per heavy atom. The van der Waals surface area contributed by atoms with E-state index in [1.807, 2.05) is 0 Å². The van der Waals surface area contributed by atoms with Crippen molar-refractivity contribution in [2.75, 3.05) is 0 Å². The quantitative estimate of drug-likeness (QED) is 0.159. The smallest absolute Gasteiger partial charge is 0.221 e. The van der Waals surface area contributed by atoms with E-state index in [4.69, 9.17) is 19.9 Å². The van der Waals surface area contributed by atoms with E-state index in [1.54, 1.807) is 0 Å². The minimum absolute atomic E-state index is 0.815. The molecule has 10 heteroatoms. The van der Waals surface area contributed by atoms with E-state index in [0.717, 1.165) is 111 Å². The first-order valence-corrected chi connectivity index (χ1v) is 38.1. The van der Waals surface area contributed by atoms with Crippen LogP contribution in [0, 0.1) is 0 Å². The van der Waals surface area contributed by atoms with Gasteiger partial charge in [-0.1, -0.05) is 249 Å². The Morgan fingerprint density at radius 2 is 0.518 bits per heavy atom. The van der Waals surface area contributed by atoms with Crippen LogP contribution >= 0.6 is 0 Å². The van der Waals surface area contributed by atoms with Crippen molar-refractivity contribution in [3.63, 3.8) is 0 Å². The summed E-state index contributed by atoms with van der Waals surface area (Å²) in [5.41, 5.74) is 26.3. The third-order valence-electron chi connectivity index (χ3n) is 23.2. The molecule has 0 amide bonds. The van der Waals surface area contributed by atoms with Gasteiger partial charge < -0.3 is 9.13 Å². The molecule has 0 saturated carbocycles. The predicted molar refractivity (Wildman–Crippen MR) is 465 cm³/mol. The Kier molecular flexibility index (Phi) is 13.3. The molecule has 0 aliphatic heterocycles. The van der Waals surface area contributed by atoms with Crippen LogP contribution in [0.1, 0.15) is 0 Å². The van der Waals surface area contributed by atoms with Crippen molar-refractivity contribution >= 4 is 164 Å².